The number of nitriles is 1. The van der Waals surface area contributed by atoms with Crippen LogP contribution < -0.4 is 29.6 Å². The fraction of sp³-hybridized carbons (Fsp3) is 0. The van der Waals surface area contributed by atoms with Crippen LogP contribution in [0.4, 0.5) is 0 Å². The summed E-state index contributed by atoms with van der Waals surface area (Å²) >= 11 is 0. The summed E-state index contributed by atoms with van der Waals surface area (Å²) in [5, 5.41) is 7.10. The number of hydrogen-bond acceptors (Lipinski definition) is 1. The van der Waals surface area contributed by atoms with Gasteiger partial charge in [0.15, 0.2) is 0 Å². The second kappa shape index (κ2) is 34.1. The summed E-state index contributed by atoms with van der Waals surface area (Å²) < 4.78 is 0. The van der Waals surface area contributed by atoms with Crippen molar-refractivity contribution in [2.45, 2.75) is 0 Å². The maximum atomic E-state index is 7.10. The van der Waals surface area contributed by atoms with E-state index in [1.54, 1.807) is 0 Å². The maximum absolute atomic E-state index is 7.10. The molecule has 0 unspecified atom stereocenters. The van der Waals surface area contributed by atoms with Gasteiger partial charge in [-0.1, -0.05) is 0 Å². The van der Waals surface area contributed by atoms with Crippen LogP contribution in [0.5, 0.6) is 0 Å². The Balaban J connectivity index is -0.00000000333. The zero-order valence-corrected chi connectivity index (χ0v) is 8.78. The summed E-state index contributed by atoms with van der Waals surface area (Å²) in [6, 6.07) is 0. The molecule has 0 atom stereocenters. The molecular weight excluding hydrogens is 136 g/mol. The van der Waals surface area contributed by atoms with Crippen LogP contribution in [-0.2, 0) is 19.5 Å². The van der Waals surface area contributed by atoms with Gasteiger partial charge in [0.05, 0.1) is 0 Å². The average molecular weight is 137 g/mol. The van der Waals surface area contributed by atoms with E-state index in [0.717, 1.165) is 0 Å². The van der Waals surface area contributed by atoms with Crippen molar-refractivity contribution in [2.24, 2.45) is 0 Å². The molecule has 0 rings (SSSR count). The molecule has 5 heteroatoms. The minimum absolute atomic E-state index is 0. The van der Waals surface area contributed by atoms with Gasteiger partial charge in [0.25, 0.3) is 0 Å². The van der Waals surface area contributed by atoms with E-state index >= 15 is 0 Å². The number of hydrogen-bond donors (Lipinski definition) is 0. The third-order valence-electron chi connectivity index (χ3n) is 0. The van der Waals surface area contributed by atoms with Crippen LogP contribution in [0.3, 0.4) is 0 Å². The van der Waals surface area contributed by atoms with Gasteiger partial charge in [-0.05, 0) is 5.97 Å². The first-order valence-corrected chi connectivity index (χ1v) is 0.512. The molecule has 0 fully saturated rings. The molecule has 6 heavy (non-hydrogen) atoms. The van der Waals surface area contributed by atoms with Gasteiger partial charge in [-0.25, -0.2) is 5.26 Å². The van der Waals surface area contributed by atoms with Crippen molar-refractivity contribution in [1.29, 1.82) is 5.26 Å². The van der Waals surface area contributed by atoms with Crippen LogP contribution in [-0.4, -0.2) is 16.3 Å². The largest absolute Gasteiger partial charge is 1.00 e. The Bertz CT molecular complexity index is 39.2. The third kappa shape index (κ3) is 61.1. The van der Waals surface area contributed by atoms with E-state index in [1.807, 2.05) is 0 Å². The minimum atomic E-state index is 0. The Hall–Kier alpha value is 1.24. The minimum Gasteiger partial charge on any atom is -1.00 e. The number of nitrogens with zero attached hydrogens (tertiary/aromatic N) is 1. The summed E-state index contributed by atoms with van der Waals surface area (Å²) in [5.74, 6) is 1.25. The van der Waals surface area contributed by atoms with E-state index in [4.69, 9.17) is 5.26 Å². The molecule has 0 aromatic carbocycles. The van der Waals surface area contributed by atoms with E-state index in [1.165, 1.54) is 5.97 Å². The summed E-state index contributed by atoms with van der Waals surface area (Å²) in [6.07, 6.45) is 0. The number of rotatable bonds is 0. The van der Waals surface area contributed by atoms with Crippen molar-refractivity contribution in [3.05, 3.63) is 0 Å². The van der Waals surface area contributed by atoms with Crippen molar-refractivity contribution < 1.29 is 50.5 Å². The Labute approximate surface area is 77.4 Å². The maximum Gasteiger partial charge on any atom is 1.00 e. The second-order valence-corrected chi connectivity index (χ2v) is 0.129. The summed E-state index contributed by atoms with van der Waals surface area (Å²) in [5.41, 5.74) is 0. The SMILES string of the molecule is [B].[B]C#N.[H-].[Na+].[Zn]. The quantitative estimate of drug-likeness (QED) is 0.316. The van der Waals surface area contributed by atoms with Crippen molar-refractivity contribution in [3.63, 3.8) is 0 Å². The van der Waals surface area contributed by atoms with Crippen LogP contribution in [0, 0.1) is 11.2 Å². The molecule has 0 spiro atoms. The molecule has 0 aliphatic rings. The third-order valence-corrected chi connectivity index (χ3v) is 0. The Morgan fingerprint density at radius 2 is 1.67 bits per heavy atom. The molecule has 5 radical (unpaired) electrons. The van der Waals surface area contributed by atoms with Gasteiger partial charge in [-0.2, -0.15) is 0 Å². The molecule has 19 valence electrons. The van der Waals surface area contributed by atoms with Crippen LogP contribution in [0.25, 0.3) is 0 Å². The predicted molar refractivity (Wildman–Crippen MR) is 18.2 cm³/mol. The first kappa shape index (κ1) is 26.8. The molecule has 0 bridgehead atoms. The van der Waals surface area contributed by atoms with Crippen LogP contribution >= 0.6 is 0 Å². The molecule has 0 aromatic rings. The molecular formula is CHB2NNaZn. The molecule has 0 aliphatic heterocycles. The van der Waals surface area contributed by atoms with Crippen molar-refractivity contribution in [2.75, 3.05) is 0 Å². The Morgan fingerprint density at radius 3 is 1.67 bits per heavy atom. The monoisotopic (exact) mass is 136 g/mol. The van der Waals surface area contributed by atoms with Crippen LogP contribution in [0.2, 0.25) is 0 Å². The average Bonchev–Trinajstić information content (AvgIpc) is 0.918. The van der Waals surface area contributed by atoms with Gasteiger partial charge in [0.2, 0.25) is 7.85 Å². The smallest absolute Gasteiger partial charge is 1.00 e. The van der Waals surface area contributed by atoms with E-state index < -0.39 is 0 Å². The molecule has 0 aliphatic carbocycles. The van der Waals surface area contributed by atoms with Crippen molar-refractivity contribution >= 4 is 16.3 Å². The topological polar surface area (TPSA) is 23.8 Å². The van der Waals surface area contributed by atoms with Gasteiger partial charge in [0, 0.05) is 27.9 Å². The van der Waals surface area contributed by atoms with Gasteiger partial charge in [-0.3, -0.25) is 0 Å². The second-order valence-electron chi connectivity index (χ2n) is 0.129. The van der Waals surface area contributed by atoms with E-state index in [-0.39, 0.29) is 58.9 Å². The zero-order valence-electron chi connectivity index (χ0n) is 4.81. The van der Waals surface area contributed by atoms with Gasteiger partial charge in [0.1, 0.15) is 0 Å². The van der Waals surface area contributed by atoms with E-state index in [2.05, 4.69) is 7.85 Å². The van der Waals surface area contributed by atoms with Gasteiger partial charge < -0.3 is 1.43 Å². The molecule has 0 heterocycles. The summed E-state index contributed by atoms with van der Waals surface area (Å²) in [7, 11) is 4.15. The molecule has 0 saturated heterocycles. The molecule has 1 nitrogen and oxygen atoms in total. The Morgan fingerprint density at radius 1 is 1.67 bits per heavy atom. The van der Waals surface area contributed by atoms with Crippen molar-refractivity contribution in [3.8, 4) is 5.97 Å². The predicted octanol–water partition coefficient (Wildman–Crippen LogP) is -3.63. The van der Waals surface area contributed by atoms with Crippen LogP contribution in [0.1, 0.15) is 1.43 Å². The summed E-state index contributed by atoms with van der Waals surface area (Å²) in [6.45, 7) is 0. The normalized spacial score (nSPS) is 1.17. The van der Waals surface area contributed by atoms with E-state index in [0.29, 0.717) is 0 Å². The Kier molecular flexibility index (Phi) is 153. The van der Waals surface area contributed by atoms with Crippen molar-refractivity contribution in [1.82, 2.24) is 0 Å². The zero-order chi connectivity index (χ0) is 2.71. The van der Waals surface area contributed by atoms with Crippen LogP contribution in [0.15, 0.2) is 0 Å². The molecule has 0 aromatic heterocycles. The first-order valence-electron chi connectivity index (χ1n) is 0.512. The fourth-order valence-electron chi connectivity index (χ4n) is 0. The van der Waals surface area contributed by atoms with E-state index in [9.17, 15) is 0 Å². The molecule has 0 N–H and O–H groups in total. The molecule has 0 amide bonds. The fourth-order valence-corrected chi connectivity index (χ4v) is 0. The summed E-state index contributed by atoms with van der Waals surface area (Å²) in [4.78, 5) is 0. The molecule has 0 saturated carbocycles. The van der Waals surface area contributed by atoms with Gasteiger partial charge in [-0.15, -0.1) is 0 Å². The standard InChI is InChI=1S/CBN.B.Na.Zn.H/c2-1-3;;;;/q;;+1;;-1. The van der Waals surface area contributed by atoms with Gasteiger partial charge >= 0.3 is 29.6 Å². The first-order chi connectivity index (χ1) is 1.41.